The number of hydrogen-bond acceptors (Lipinski definition) is 6. The molecule has 0 atom stereocenters. The lowest BCUT2D eigenvalue weighted by atomic mass is 9.99. The molecule has 0 aromatic heterocycles. The van der Waals surface area contributed by atoms with Crippen LogP contribution >= 0.6 is 0 Å². The fourth-order valence-electron chi connectivity index (χ4n) is 3.20. The Bertz CT molecular complexity index is 783. The first-order valence-corrected chi connectivity index (χ1v) is 19.2. The van der Waals surface area contributed by atoms with Crippen LogP contribution in [-0.2, 0) is 20.1 Å². The van der Waals surface area contributed by atoms with Crippen molar-refractivity contribution in [1.29, 1.82) is 0 Å². The molecular weight excluding hydrogens is 473 g/mol. The fourth-order valence-corrected chi connectivity index (χ4v) is 8.15. The summed E-state index contributed by atoms with van der Waals surface area (Å²) in [6.07, 6.45) is 5.33. The molecule has 0 unspecified atom stereocenters. The molecule has 1 aromatic rings. The van der Waals surface area contributed by atoms with E-state index in [0.29, 0.717) is 26.8 Å². The van der Waals surface area contributed by atoms with Crippen molar-refractivity contribution in [2.24, 2.45) is 0 Å². The van der Waals surface area contributed by atoms with Crippen molar-refractivity contribution in [2.75, 3.05) is 21.3 Å². The summed E-state index contributed by atoms with van der Waals surface area (Å²) in [4.78, 5) is 11.1. The highest BCUT2D eigenvalue weighted by atomic mass is 28.4. The molecule has 1 N–H and O–H groups in total. The molecule has 0 aliphatic carbocycles. The van der Waals surface area contributed by atoms with Crippen LogP contribution in [0.1, 0.15) is 24.0 Å². The lowest BCUT2D eigenvalue weighted by molar-refractivity contribution is -0.131. The van der Waals surface area contributed by atoms with Crippen LogP contribution in [0.15, 0.2) is 12.1 Å². The second-order valence-corrected chi connectivity index (χ2v) is 19.9. The summed E-state index contributed by atoms with van der Waals surface area (Å²) in [5.41, 5.74) is 1.65. The maximum Gasteiger partial charge on any atom is 0.328 e. The van der Waals surface area contributed by atoms with Gasteiger partial charge in [0.05, 0.1) is 21.3 Å². The number of rotatable bonds is 15. The summed E-state index contributed by atoms with van der Waals surface area (Å²) >= 11 is 0. The van der Waals surface area contributed by atoms with Gasteiger partial charge in [-0.25, -0.2) is 4.79 Å². The van der Waals surface area contributed by atoms with E-state index in [4.69, 9.17) is 28.2 Å². The van der Waals surface area contributed by atoms with E-state index < -0.39 is 22.6 Å². The molecule has 0 saturated heterocycles. The second kappa shape index (κ2) is 13.3. The minimum Gasteiger partial charge on any atom is -0.493 e. The Morgan fingerprint density at radius 3 is 2.00 bits per heavy atom. The van der Waals surface area contributed by atoms with Crippen LogP contribution in [0.25, 0.3) is 6.08 Å². The summed E-state index contributed by atoms with van der Waals surface area (Å²) in [6.45, 7) is 13.1. The average molecular weight is 513 g/mol. The largest absolute Gasteiger partial charge is 0.493 e. The van der Waals surface area contributed by atoms with Crippen LogP contribution in [-0.4, -0.2) is 64.5 Å². The van der Waals surface area contributed by atoms with Gasteiger partial charge in [-0.1, -0.05) is 12.5 Å². The number of carboxylic acid groups (broad SMARTS) is 1. The highest BCUT2D eigenvalue weighted by Gasteiger charge is 2.27. The van der Waals surface area contributed by atoms with E-state index >= 15 is 0 Å². The molecule has 10 heteroatoms. The molecule has 0 aliphatic heterocycles. The van der Waals surface area contributed by atoms with Gasteiger partial charge in [-0.05, 0) is 69.8 Å². The second-order valence-electron chi connectivity index (χ2n) is 9.59. The Balaban J connectivity index is 2.94. The van der Waals surface area contributed by atoms with E-state index in [0.717, 1.165) is 42.5 Å². The third-order valence-electron chi connectivity index (χ3n) is 4.46. The molecule has 0 aliphatic rings. The number of aliphatic carboxylic acids is 1. The smallest absolute Gasteiger partial charge is 0.328 e. The Kier molecular flexibility index (Phi) is 11.9. The van der Waals surface area contributed by atoms with Gasteiger partial charge in [0.2, 0.25) is 5.75 Å². The number of methoxy groups -OCH3 is 3. The number of carbonyl (C=O) groups is 1. The van der Waals surface area contributed by atoms with Crippen molar-refractivity contribution in [3.8, 4) is 17.2 Å². The number of carboxylic acids is 1. The van der Waals surface area contributed by atoms with Gasteiger partial charge >= 0.3 is 5.97 Å². The Labute approximate surface area is 203 Å². The summed E-state index contributed by atoms with van der Waals surface area (Å²) in [6, 6.07) is 2.80. The quantitative estimate of drug-likeness (QED) is 0.149. The average Bonchev–Trinajstić information content (AvgIpc) is 2.68. The zero-order valence-electron chi connectivity index (χ0n) is 21.5. The van der Waals surface area contributed by atoms with Crippen molar-refractivity contribution < 1.29 is 33.0 Å². The molecule has 0 fully saturated rings. The van der Waals surface area contributed by atoms with Gasteiger partial charge in [0.15, 0.2) is 28.1 Å². The van der Waals surface area contributed by atoms with E-state index in [9.17, 15) is 4.79 Å². The third-order valence-corrected chi connectivity index (χ3v) is 7.98. The van der Waals surface area contributed by atoms with Gasteiger partial charge in [0.25, 0.3) is 0 Å². The van der Waals surface area contributed by atoms with Gasteiger partial charge < -0.3 is 28.2 Å². The first-order chi connectivity index (χ1) is 15.3. The molecular formula is C23H40O7Si3. The minimum absolute atomic E-state index is 0.118. The van der Waals surface area contributed by atoms with Gasteiger partial charge in [-0.2, -0.15) is 0 Å². The maximum atomic E-state index is 11.1. The zero-order chi connectivity index (χ0) is 25.2. The molecule has 33 heavy (non-hydrogen) atoms. The van der Waals surface area contributed by atoms with Crippen molar-refractivity contribution in [3.05, 3.63) is 23.3 Å². The Morgan fingerprint density at radius 1 is 0.970 bits per heavy atom. The summed E-state index contributed by atoms with van der Waals surface area (Å²) in [7, 11) is 1.89. The maximum absolute atomic E-state index is 11.1. The van der Waals surface area contributed by atoms with E-state index in [-0.39, 0.29) is 5.91 Å². The molecule has 0 spiro atoms. The Hall–Kier alpha value is -1.60. The van der Waals surface area contributed by atoms with Crippen LogP contribution in [0.5, 0.6) is 17.2 Å². The molecule has 0 saturated carbocycles. The van der Waals surface area contributed by atoms with Crippen LogP contribution in [0.4, 0.5) is 0 Å². The number of ether oxygens (including phenoxy) is 3. The predicted octanol–water partition coefficient (Wildman–Crippen LogP) is 5.24. The van der Waals surface area contributed by atoms with E-state index in [1.807, 2.05) is 0 Å². The van der Waals surface area contributed by atoms with Crippen LogP contribution in [0.3, 0.4) is 0 Å². The highest BCUT2D eigenvalue weighted by molar-refractivity contribution is 6.71. The number of unbranched alkanes of at least 4 members (excludes halogenated alkanes) is 1. The van der Waals surface area contributed by atoms with Crippen molar-refractivity contribution in [3.63, 3.8) is 0 Å². The number of hydrogen-bond donors (Lipinski definition) is 1. The third kappa shape index (κ3) is 10.9. The molecule has 0 heterocycles. The van der Waals surface area contributed by atoms with E-state index in [1.165, 1.54) is 0 Å². The standard InChI is InChI=1S/C23H40O7Si3/c1-26-19-16-17(13-14-20(24)25)18(21(27-2)22(19)28-3)12-10-11-15-31-23(29-32(4,5)6)30-33(7,8)9/h13-14,16,23H,10-12,15H2,1-9H3,(H,24,25). The molecule has 0 amide bonds. The van der Waals surface area contributed by atoms with Gasteiger partial charge in [-0.3, -0.25) is 0 Å². The first-order valence-electron chi connectivity index (χ1n) is 11.1. The first kappa shape index (κ1) is 29.4. The molecule has 0 bridgehead atoms. The molecule has 186 valence electrons. The van der Waals surface area contributed by atoms with Crippen LogP contribution < -0.4 is 14.2 Å². The van der Waals surface area contributed by atoms with Gasteiger partial charge in [-0.15, -0.1) is 0 Å². The summed E-state index contributed by atoms with van der Waals surface area (Å²) in [5.74, 6) is 0.460. The van der Waals surface area contributed by atoms with E-state index in [1.54, 1.807) is 33.5 Å². The van der Waals surface area contributed by atoms with Crippen molar-refractivity contribution in [1.82, 2.24) is 0 Å². The normalized spacial score (nSPS) is 12.4. The minimum atomic E-state index is -1.69. The van der Waals surface area contributed by atoms with Crippen molar-refractivity contribution >= 4 is 38.2 Å². The molecule has 1 rings (SSSR count). The Morgan fingerprint density at radius 2 is 1.55 bits per heavy atom. The SMILES string of the molecule is COc1cc(C=CC(=O)O)c(CCCC[Si]C(O[Si](C)(C)C)O[Si](C)(C)C)c(OC)c1OC. The lowest BCUT2D eigenvalue weighted by Gasteiger charge is -2.31. The fraction of sp³-hybridized carbons (Fsp3) is 0.609. The highest BCUT2D eigenvalue weighted by Crippen LogP contribution is 2.43. The van der Waals surface area contributed by atoms with Crippen molar-refractivity contribution in [2.45, 2.75) is 70.5 Å². The lowest BCUT2D eigenvalue weighted by Crippen LogP contribution is -2.42. The predicted molar refractivity (Wildman–Crippen MR) is 139 cm³/mol. The topological polar surface area (TPSA) is 83.5 Å². The number of benzene rings is 1. The van der Waals surface area contributed by atoms with E-state index in [2.05, 4.69) is 39.3 Å². The van der Waals surface area contributed by atoms with Gasteiger partial charge in [0, 0.05) is 11.6 Å². The molecule has 7 nitrogen and oxygen atoms in total. The van der Waals surface area contributed by atoms with Gasteiger partial charge in [0.1, 0.15) is 15.4 Å². The summed E-state index contributed by atoms with van der Waals surface area (Å²) < 4.78 is 29.2. The molecule has 2 radical (unpaired) electrons. The monoisotopic (exact) mass is 512 g/mol. The zero-order valence-corrected chi connectivity index (χ0v) is 24.5. The van der Waals surface area contributed by atoms with Crippen LogP contribution in [0, 0.1) is 0 Å². The summed E-state index contributed by atoms with van der Waals surface area (Å²) in [5, 5.41) is 9.09. The van der Waals surface area contributed by atoms with Crippen LogP contribution in [0.2, 0.25) is 45.3 Å². The molecule has 1 aromatic carbocycles.